The molecule has 0 spiro atoms. The van der Waals surface area contributed by atoms with E-state index in [0.717, 1.165) is 6.21 Å². The first-order valence-electron chi connectivity index (χ1n) is 10.3. The summed E-state index contributed by atoms with van der Waals surface area (Å²) >= 11 is 3.23. The van der Waals surface area contributed by atoms with Crippen molar-refractivity contribution in [1.82, 2.24) is 0 Å². The van der Waals surface area contributed by atoms with Gasteiger partial charge in [0.2, 0.25) is 0 Å². The van der Waals surface area contributed by atoms with Crippen LogP contribution in [0.3, 0.4) is 0 Å². The van der Waals surface area contributed by atoms with Gasteiger partial charge in [-0.15, -0.1) is 0 Å². The maximum Gasteiger partial charge on any atom is 0.422 e. The zero-order chi connectivity index (χ0) is 27.3. The maximum absolute atomic E-state index is 14.1. The number of anilines is 1. The number of rotatable bonds is 8. The van der Waals surface area contributed by atoms with E-state index in [2.05, 4.69) is 21.0 Å². The topological polar surface area (TPSA) is 59.9 Å². The number of hydrogen-bond donors (Lipinski definition) is 1. The Kier molecular flexibility index (Phi) is 8.79. The van der Waals surface area contributed by atoms with Gasteiger partial charge < -0.3 is 9.47 Å². The fourth-order valence-corrected chi connectivity index (χ4v) is 3.39. The Hall–Kier alpha value is -3.61. The predicted molar refractivity (Wildman–Crippen MR) is 123 cm³/mol. The van der Waals surface area contributed by atoms with Crippen LogP contribution in [-0.2, 0) is 17.5 Å². The molecule has 13 heteroatoms. The van der Waals surface area contributed by atoms with Crippen LogP contribution in [0.1, 0.15) is 34.0 Å². The van der Waals surface area contributed by atoms with Gasteiger partial charge in [-0.05, 0) is 42.8 Å². The van der Waals surface area contributed by atoms with E-state index < -0.39 is 46.7 Å². The van der Waals surface area contributed by atoms with Gasteiger partial charge >= 0.3 is 12.1 Å². The molecule has 0 unspecified atom stereocenters. The Morgan fingerprint density at radius 3 is 2.19 bits per heavy atom. The number of benzene rings is 3. The molecule has 0 aromatic heterocycles. The first-order valence-corrected chi connectivity index (χ1v) is 11.1. The molecule has 0 amide bonds. The number of nitrogens with zero attached hydrogens (tertiary/aromatic N) is 1. The van der Waals surface area contributed by atoms with Gasteiger partial charge in [0.25, 0.3) is 0 Å². The second kappa shape index (κ2) is 11.6. The largest absolute Gasteiger partial charge is 0.488 e. The summed E-state index contributed by atoms with van der Waals surface area (Å²) in [5.41, 5.74) is -1.27. The van der Waals surface area contributed by atoms with Gasteiger partial charge in [-0.2, -0.15) is 18.3 Å². The Bertz CT molecular complexity index is 1300. The van der Waals surface area contributed by atoms with Crippen molar-refractivity contribution in [3.05, 3.63) is 92.5 Å². The third-order valence-electron chi connectivity index (χ3n) is 4.76. The molecular weight excluding hydrogens is 577 g/mol. The number of hydrazone groups is 1. The summed E-state index contributed by atoms with van der Waals surface area (Å²) < 4.78 is 105. The summed E-state index contributed by atoms with van der Waals surface area (Å²) in [6, 6.07) is 11.0. The lowest BCUT2D eigenvalue weighted by Crippen LogP contribution is -2.16. The number of carbonyl (C=O) groups is 1. The summed E-state index contributed by atoms with van der Waals surface area (Å²) in [5.74, 6) is -10.0. The lowest BCUT2D eigenvalue weighted by Gasteiger charge is -2.13. The van der Waals surface area contributed by atoms with Crippen molar-refractivity contribution in [2.24, 2.45) is 5.10 Å². The minimum Gasteiger partial charge on any atom is -0.488 e. The van der Waals surface area contributed by atoms with Gasteiger partial charge in [0.05, 0.1) is 18.4 Å². The van der Waals surface area contributed by atoms with E-state index in [1.807, 2.05) is 0 Å². The number of halogens is 8. The zero-order valence-electron chi connectivity index (χ0n) is 18.7. The molecular formula is C24H16BrF7N2O3. The van der Waals surface area contributed by atoms with Crippen LogP contribution in [0.25, 0.3) is 0 Å². The average Bonchev–Trinajstić information content (AvgIpc) is 2.84. The molecule has 37 heavy (non-hydrogen) atoms. The second-order valence-electron chi connectivity index (χ2n) is 7.26. The third kappa shape index (κ3) is 6.59. The molecule has 0 atom stereocenters. The molecule has 0 aliphatic carbocycles. The molecule has 0 saturated heterocycles. The number of ether oxygens (including phenoxy) is 2. The molecule has 196 valence electrons. The van der Waals surface area contributed by atoms with E-state index in [1.165, 1.54) is 12.1 Å². The molecule has 3 aromatic carbocycles. The number of hydrogen-bond acceptors (Lipinski definition) is 5. The quantitative estimate of drug-likeness (QED) is 0.0986. The number of carbonyl (C=O) groups excluding carboxylic acids is 1. The summed E-state index contributed by atoms with van der Waals surface area (Å²) in [7, 11) is 0. The van der Waals surface area contributed by atoms with Gasteiger partial charge in [-0.1, -0.05) is 28.1 Å². The molecule has 3 rings (SSSR count). The lowest BCUT2D eigenvalue weighted by atomic mass is 10.1. The van der Waals surface area contributed by atoms with Gasteiger partial charge in [0.15, 0.2) is 23.3 Å². The first kappa shape index (κ1) is 28.0. The number of alkyl halides is 3. The number of nitrogens with one attached hydrogen (secondary N) is 1. The lowest BCUT2D eigenvalue weighted by molar-refractivity contribution is -0.143. The van der Waals surface area contributed by atoms with Crippen molar-refractivity contribution >= 4 is 33.8 Å². The van der Waals surface area contributed by atoms with Crippen LogP contribution in [-0.4, -0.2) is 18.8 Å². The Morgan fingerprint density at radius 1 is 1.00 bits per heavy atom. The van der Waals surface area contributed by atoms with Crippen molar-refractivity contribution in [3.8, 4) is 5.75 Å². The standard InChI is InChI=1S/C24H16BrF7N2O3/c1-2-36-23(35)13-5-3-12(4-6-13)11-37-16-8-7-15(25)9-14(16)10-33-34-22-20(28)18(26)17(24(30,31)32)19(27)21(22)29/h3-10,34H,2,11H2,1H3/b33-10+. The molecule has 0 aliphatic heterocycles. The van der Waals surface area contributed by atoms with Gasteiger partial charge in [0.1, 0.15) is 23.6 Å². The fourth-order valence-electron chi connectivity index (χ4n) is 3.01. The van der Waals surface area contributed by atoms with Crippen molar-refractivity contribution < 1.29 is 45.0 Å². The molecule has 0 heterocycles. The van der Waals surface area contributed by atoms with Crippen LogP contribution < -0.4 is 10.2 Å². The summed E-state index contributed by atoms with van der Waals surface area (Å²) in [6.45, 7) is 1.95. The fraction of sp³-hybridized carbons (Fsp3) is 0.167. The molecule has 0 fully saturated rings. The van der Waals surface area contributed by atoms with E-state index in [9.17, 15) is 35.5 Å². The third-order valence-corrected chi connectivity index (χ3v) is 5.25. The van der Waals surface area contributed by atoms with E-state index in [1.54, 1.807) is 42.7 Å². The highest BCUT2D eigenvalue weighted by atomic mass is 79.9. The van der Waals surface area contributed by atoms with Crippen LogP contribution in [0.2, 0.25) is 0 Å². The average molecular weight is 593 g/mol. The molecule has 1 N–H and O–H groups in total. The molecule has 0 radical (unpaired) electrons. The maximum atomic E-state index is 14.1. The highest BCUT2D eigenvalue weighted by molar-refractivity contribution is 9.10. The monoisotopic (exact) mass is 592 g/mol. The van der Waals surface area contributed by atoms with Crippen LogP contribution in [0.5, 0.6) is 5.75 Å². The summed E-state index contributed by atoms with van der Waals surface area (Å²) in [6.07, 6.45) is -4.67. The Morgan fingerprint density at radius 2 is 1.62 bits per heavy atom. The van der Waals surface area contributed by atoms with Crippen LogP contribution in [0, 0.1) is 23.3 Å². The Balaban J connectivity index is 1.79. The van der Waals surface area contributed by atoms with Crippen LogP contribution in [0.15, 0.2) is 52.0 Å². The molecule has 0 saturated carbocycles. The summed E-state index contributed by atoms with van der Waals surface area (Å²) in [4.78, 5) is 11.7. The van der Waals surface area contributed by atoms with E-state index in [0.29, 0.717) is 15.6 Å². The van der Waals surface area contributed by atoms with Gasteiger partial charge in [-0.25, -0.2) is 22.4 Å². The summed E-state index contributed by atoms with van der Waals surface area (Å²) in [5, 5.41) is 3.49. The van der Waals surface area contributed by atoms with E-state index in [4.69, 9.17) is 9.47 Å². The van der Waals surface area contributed by atoms with E-state index in [-0.39, 0.29) is 24.5 Å². The van der Waals surface area contributed by atoms with Gasteiger partial charge in [0, 0.05) is 10.0 Å². The van der Waals surface area contributed by atoms with Crippen molar-refractivity contribution in [3.63, 3.8) is 0 Å². The minimum absolute atomic E-state index is 0.0393. The van der Waals surface area contributed by atoms with Crippen molar-refractivity contribution in [2.45, 2.75) is 19.7 Å². The predicted octanol–water partition coefficient (Wildman–Crippen LogP) is 7.23. The minimum atomic E-state index is -5.65. The zero-order valence-corrected chi connectivity index (χ0v) is 20.3. The molecule has 5 nitrogen and oxygen atoms in total. The normalized spacial score (nSPS) is 11.6. The molecule has 3 aromatic rings. The van der Waals surface area contributed by atoms with Gasteiger partial charge in [-0.3, -0.25) is 5.43 Å². The molecule has 0 aliphatic rings. The first-order chi connectivity index (χ1) is 17.4. The molecule has 0 bridgehead atoms. The van der Waals surface area contributed by atoms with Crippen molar-refractivity contribution in [1.29, 1.82) is 0 Å². The number of esters is 1. The highest BCUT2D eigenvalue weighted by Crippen LogP contribution is 2.38. The smallest absolute Gasteiger partial charge is 0.422 e. The second-order valence-corrected chi connectivity index (χ2v) is 8.18. The Labute approximate surface area is 214 Å². The van der Waals surface area contributed by atoms with Crippen LogP contribution >= 0.6 is 15.9 Å². The highest BCUT2D eigenvalue weighted by Gasteiger charge is 2.42. The van der Waals surface area contributed by atoms with Crippen LogP contribution in [0.4, 0.5) is 36.4 Å². The SMILES string of the molecule is CCOC(=O)c1ccc(COc2ccc(Br)cc2/C=N/Nc2c(F)c(F)c(C(F)(F)F)c(F)c2F)cc1. The van der Waals surface area contributed by atoms with E-state index >= 15 is 0 Å². The van der Waals surface area contributed by atoms with Crippen molar-refractivity contribution in [2.75, 3.05) is 12.0 Å².